The van der Waals surface area contributed by atoms with Crippen molar-refractivity contribution in [3.05, 3.63) is 0 Å². The number of carboxylic acids is 3. The van der Waals surface area contributed by atoms with E-state index in [-0.39, 0.29) is 18.6 Å². The van der Waals surface area contributed by atoms with Crippen molar-refractivity contribution < 1.29 is 44.0 Å². The van der Waals surface area contributed by atoms with Gasteiger partial charge in [0.25, 0.3) is 0 Å². The van der Waals surface area contributed by atoms with E-state index in [1.165, 1.54) is 0 Å². The molecule has 25 heavy (non-hydrogen) atoms. The van der Waals surface area contributed by atoms with Crippen LogP contribution in [0.2, 0.25) is 0 Å². The first-order valence-corrected chi connectivity index (χ1v) is 8.05. The first kappa shape index (κ1) is 22.7. The molecular weight excluding hydrogens is 360 g/mol. The molecule has 0 saturated carbocycles. The van der Waals surface area contributed by atoms with E-state index >= 15 is 0 Å². The first-order chi connectivity index (χ1) is 11.6. The first-order valence-electron chi connectivity index (χ1n) is 7.00. The summed E-state index contributed by atoms with van der Waals surface area (Å²) in [6.45, 7) is 0. The quantitative estimate of drug-likeness (QED) is 0.247. The van der Waals surface area contributed by atoms with Gasteiger partial charge in [0.15, 0.2) is 0 Å². The van der Waals surface area contributed by atoms with Crippen molar-refractivity contribution >= 4 is 41.5 Å². The number of nitrogens with two attached hydrogens (primary N) is 1. The average molecular weight is 380 g/mol. The Labute approximate surface area is 146 Å². The van der Waals surface area contributed by atoms with Gasteiger partial charge in [-0.3, -0.25) is 19.2 Å². The smallest absolute Gasteiger partial charge is 0.327 e. The second-order valence-corrected chi connectivity index (χ2v) is 6.12. The van der Waals surface area contributed by atoms with Gasteiger partial charge in [-0.15, -0.1) is 11.8 Å². The van der Waals surface area contributed by atoms with Crippen molar-refractivity contribution in [1.82, 2.24) is 5.32 Å². The summed E-state index contributed by atoms with van der Waals surface area (Å²) in [7, 11) is 1.09. The molecule has 0 radical (unpaired) electrons. The van der Waals surface area contributed by atoms with Gasteiger partial charge in [0.1, 0.15) is 17.3 Å². The molecule has 0 aliphatic carbocycles. The average Bonchev–Trinajstić information content (AvgIpc) is 2.53. The fourth-order valence-corrected chi connectivity index (χ4v) is 2.56. The fourth-order valence-electron chi connectivity index (χ4n) is 1.52. The highest BCUT2D eigenvalue weighted by Crippen LogP contribution is 2.17. The lowest BCUT2D eigenvalue weighted by Crippen LogP contribution is -2.44. The van der Waals surface area contributed by atoms with Crippen LogP contribution in [0, 0.1) is 0 Å². The second kappa shape index (κ2) is 11.3. The number of aliphatic carboxylic acids is 3. The number of methoxy groups -OCH3 is 1. The maximum Gasteiger partial charge on any atom is 0.327 e. The molecule has 0 aromatic carbocycles. The molecule has 0 saturated heterocycles. The summed E-state index contributed by atoms with van der Waals surface area (Å²) in [5.74, 6) is -5.81. The van der Waals surface area contributed by atoms with Gasteiger partial charge in [0, 0.05) is 12.2 Å². The number of esters is 1. The molecule has 12 heteroatoms. The second-order valence-electron chi connectivity index (χ2n) is 4.88. The molecule has 3 atom stereocenters. The standard InChI is InChI=1S/C13H20N2O9S/c1-24-10(17)4-8(13(22)23)25-5-7(12(20)21)15-9(16)3-2-6(14)11(18)19/h6-8H,2-5,14H2,1H3,(H,15,16)(H,18,19)(H,20,21)(H,22,23). The molecule has 0 heterocycles. The Bertz CT molecular complexity index is 526. The summed E-state index contributed by atoms with van der Waals surface area (Å²) in [5, 5.41) is 27.6. The summed E-state index contributed by atoms with van der Waals surface area (Å²) in [6, 6.07) is -2.65. The van der Waals surface area contributed by atoms with Gasteiger partial charge in [0.05, 0.1) is 13.5 Å². The lowest BCUT2D eigenvalue weighted by Gasteiger charge is -2.17. The van der Waals surface area contributed by atoms with Gasteiger partial charge in [-0.25, -0.2) is 4.79 Å². The minimum Gasteiger partial charge on any atom is -0.480 e. The van der Waals surface area contributed by atoms with Crippen LogP contribution in [0.5, 0.6) is 0 Å². The topological polar surface area (TPSA) is 193 Å². The van der Waals surface area contributed by atoms with Crippen LogP contribution in [-0.2, 0) is 28.7 Å². The van der Waals surface area contributed by atoms with E-state index in [0.29, 0.717) is 11.8 Å². The third-order valence-electron chi connectivity index (χ3n) is 2.95. The molecule has 0 rings (SSSR count). The Kier molecular flexibility index (Phi) is 10.2. The fraction of sp³-hybridized carbons (Fsp3) is 0.615. The number of ether oxygens (including phenoxy) is 1. The molecule has 0 aliphatic rings. The van der Waals surface area contributed by atoms with Crippen molar-refractivity contribution in [1.29, 1.82) is 0 Å². The zero-order chi connectivity index (χ0) is 19.6. The minimum atomic E-state index is -1.40. The van der Waals surface area contributed by atoms with Crippen LogP contribution in [0.15, 0.2) is 0 Å². The third kappa shape index (κ3) is 9.52. The monoisotopic (exact) mass is 380 g/mol. The number of rotatable bonds is 12. The zero-order valence-corrected chi connectivity index (χ0v) is 14.2. The molecule has 1 amide bonds. The van der Waals surface area contributed by atoms with E-state index in [1.807, 2.05) is 0 Å². The summed E-state index contributed by atoms with van der Waals surface area (Å²) >= 11 is 0.666. The lowest BCUT2D eigenvalue weighted by molar-refractivity contribution is -0.145. The number of hydrogen-bond donors (Lipinski definition) is 5. The van der Waals surface area contributed by atoms with Gasteiger partial charge >= 0.3 is 23.9 Å². The lowest BCUT2D eigenvalue weighted by atomic mass is 10.1. The molecule has 0 spiro atoms. The molecule has 11 nitrogen and oxygen atoms in total. The molecule has 0 bridgehead atoms. The summed E-state index contributed by atoms with van der Waals surface area (Å²) in [4.78, 5) is 55.6. The Morgan fingerprint density at radius 2 is 1.68 bits per heavy atom. The van der Waals surface area contributed by atoms with Gasteiger partial charge in [0.2, 0.25) is 5.91 Å². The zero-order valence-electron chi connectivity index (χ0n) is 13.3. The summed E-state index contributed by atoms with van der Waals surface area (Å²) in [6.07, 6.45) is -0.933. The Morgan fingerprint density at radius 3 is 2.12 bits per heavy atom. The minimum absolute atomic E-state index is 0.180. The number of amides is 1. The highest BCUT2D eigenvalue weighted by atomic mass is 32.2. The molecule has 0 aromatic heterocycles. The van der Waals surface area contributed by atoms with Crippen molar-refractivity contribution in [2.75, 3.05) is 12.9 Å². The van der Waals surface area contributed by atoms with E-state index in [9.17, 15) is 24.0 Å². The molecule has 3 unspecified atom stereocenters. The molecular formula is C13H20N2O9S. The predicted octanol–water partition coefficient (Wildman–Crippen LogP) is -1.50. The number of thioether (sulfide) groups is 1. The van der Waals surface area contributed by atoms with Crippen LogP contribution >= 0.6 is 11.8 Å². The van der Waals surface area contributed by atoms with E-state index < -0.39 is 53.5 Å². The predicted molar refractivity (Wildman–Crippen MR) is 84.9 cm³/mol. The van der Waals surface area contributed by atoms with Crippen LogP contribution in [0.1, 0.15) is 19.3 Å². The highest BCUT2D eigenvalue weighted by molar-refractivity contribution is 8.00. The largest absolute Gasteiger partial charge is 0.480 e. The van der Waals surface area contributed by atoms with Gasteiger partial charge in [-0.2, -0.15) is 0 Å². The molecule has 0 aliphatic heterocycles. The van der Waals surface area contributed by atoms with Crippen molar-refractivity contribution in [2.24, 2.45) is 5.73 Å². The Morgan fingerprint density at radius 1 is 1.08 bits per heavy atom. The number of hydrogen-bond acceptors (Lipinski definition) is 8. The molecule has 0 aromatic rings. The normalized spacial score (nSPS) is 14.0. The molecule has 6 N–H and O–H groups in total. The van der Waals surface area contributed by atoms with Gasteiger partial charge in [-0.1, -0.05) is 0 Å². The maximum atomic E-state index is 11.7. The van der Waals surface area contributed by atoms with Crippen molar-refractivity contribution in [3.8, 4) is 0 Å². The third-order valence-corrected chi connectivity index (χ3v) is 4.25. The van der Waals surface area contributed by atoms with Crippen LogP contribution in [0.3, 0.4) is 0 Å². The van der Waals surface area contributed by atoms with Crippen LogP contribution in [0.25, 0.3) is 0 Å². The van der Waals surface area contributed by atoms with Gasteiger partial charge in [-0.05, 0) is 6.42 Å². The van der Waals surface area contributed by atoms with Crippen LogP contribution in [-0.4, -0.2) is 75.3 Å². The van der Waals surface area contributed by atoms with Crippen molar-refractivity contribution in [2.45, 2.75) is 36.6 Å². The Hall–Kier alpha value is -2.34. The molecule has 0 fully saturated rings. The van der Waals surface area contributed by atoms with Crippen molar-refractivity contribution in [3.63, 3.8) is 0 Å². The van der Waals surface area contributed by atoms with Crippen LogP contribution < -0.4 is 11.1 Å². The number of carbonyl (C=O) groups is 5. The molecule has 142 valence electrons. The number of carbonyl (C=O) groups excluding carboxylic acids is 2. The summed E-state index contributed by atoms with van der Waals surface area (Å²) < 4.78 is 4.36. The van der Waals surface area contributed by atoms with Gasteiger partial charge < -0.3 is 31.1 Å². The number of carboxylic acid groups (broad SMARTS) is 3. The Balaban J connectivity index is 4.61. The highest BCUT2D eigenvalue weighted by Gasteiger charge is 2.27. The van der Waals surface area contributed by atoms with E-state index in [4.69, 9.17) is 21.1 Å². The van der Waals surface area contributed by atoms with E-state index in [0.717, 1.165) is 7.11 Å². The van der Waals surface area contributed by atoms with E-state index in [2.05, 4.69) is 10.1 Å². The number of nitrogens with one attached hydrogen (secondary N) is 1. The summed E-state index contributed by atoms with van der Waals surface area (Å²) in [5.41, 5.74) is 5.24. The SMILES string of the molecule is COC(=O)CC(SCC(NC(=O)CCC(N)C(=O)O)C(=O)O)C(=O)O. The maximum absolute atomic E-state index is 11.7. The van der Waals surface area contributed by atoms with Crippen LogP contribution in [0.4, 0.5) is 0 Å². The van der Waals surface area contributed by atoms with E-state index in [1.54, 1.807) is 0 Å².